The molecule has 4 rings (SSSR count). The van der Waals surface area contributed by atoms with Gasteiger partial charge in [0.25, 0.3) is 5.91 Å². The molecule has 2 aromatic heterocycles. The minimum Gasteiger partial charge on any atom is -0.433 e. The molecule has 1 saturated heterocycles. The van der Waals surface area contributed by atoms with Gasteiger partial charge in [-0.05, 0) is 56.2 Å². The Bertz CT molecular complexity index is 1110. The maximum absolute atomic E-state index is 13.2. The molecule has 3 aromatic rings. The third-order valence-corrected chi connectivity index (χ3v) is 5.75. The highest BCUT2D eigenvalue weighted by atomic mass is 19.3. The molecule has 0 bridgehead atoms. The summed E-state index contributed by atoms with van der Waals surface area (Å²) in [5, 5.41) is 7.60. The van der Waals surface area contributed by atoms with E-state index < -0.39 is 12.5 Å². The summed E-state index contributed by atoms with van der Waals surface area (Å²) in [5.74, 6) is -0.0228. The zero-order valence-electron chi connectivity index (χ0n) is 17.8. The highest BCUT2D eigenvalue weighted by Gasteiger charge is 2.34. The maximum Gasteiger partial charge on any atom is 0.387 e. The summed E-state index contributed by atoms with van der Waals surface area (Å²) in [6, 6.07) is 8.81. The Morgan fingerprint density at radius 2 is 1.88 bits per heavy atom. The summed E-state index contributed by atoms with van der Waals surface area (Å²) in [4.78, 5) is 18.3. The molecule has 33 heavy (non-hydrogen) atoms. The molecule has 11 heteroatoms. The van der Waals surface area contributed by atoms with Crippen LogP contribution < -0.4 is 20.7 Å². The highest BCUT2D eigenvalue weighted by molar-refractivity contribution is 5.98. The zero-order valence-corrected chi connectivity index (χ0v) is 17.8. The van der Waals surface area contributed by atoms with Gasteiger partial charge in [0.05, 0.1) is 11.7 Å². The van der Waals surface area contributed by atoms with Crippen LogP contribution in [0.2, 0.25) is 0 Å². The van der Waals surface area contributed by atoms with Crippen LogP contribution in [0.15, 0.2) is 48.8 Å². The maximum atomic E-state index is 13.2. The van der Waals surface area contributed by atoms with E-state index in [1.807, 2.05) is 11.8 Å². The number of hydrogen-bond acceptors (Lipinski definition) is 6. The number of nitrogens with two attached hydrogens (primary N) is 1. The normalized spacial score (nSPS) is 15.5. The Hall–Kier alpha value is -3.76. The van der Waals surface area contributed by atoms with Crippen LogP contribution in [0.4, 0.5) is 30.5 Å². The molecule has 174 valence electrons. The molecule has 0 aliphatic carbocycles. The van der Waals surface area contributed by atoms with Crippen LogP contribution in [0, 0.1) is 5.82 Å². The lowest BCUT2D eigenvalue weighted by Crippen LogP contribution is -2.45. The number of piperidine rings is 1. The molecule has 1 aliphatic heterocycles. The Balaban J connectivity index is 1.48. The van der Waals surface area contributed by atoms with Gasteiger partial charge >= 0.3 is 6.61 Å². The van der Waals surface area contributed by atoms with Crippen molar-refractivity contribution < 1.29 is 22.7 Å². The van der Waals surface area contributed by atoms with Gasteiger partial charge in [-0.3, -0.25) is 9.48 Å². The minimum absolute atomic E-state index is 0.00676. The second-order valence-corrected chi connectivity index (χ2v) is 8.05. The molecule has 8 nitrogen and oxygen atoms in total. The average molecular weight is 460 g/mol. The molecule has 3 heterocycles. The minimum atomic E-state index is -2.89. The van der Waals surface area contributed by atoms with Gasteiger partial charge in [-0.25, -0.2) is 9.37 Å². The van der Waals surface area contributed by atoms with Crippen molar-refractivity contribution in [1.82, 2.24) is 14.8 Å². The Labute approximate surface area is 188 Å². The topological polar surface area (TPSA) is 98.3 Å². The number of primary amides is 1. The van der Waals surface area contributed by atoms with Gasteiger partial charge in [0.1, 0.15) is 22.9 Å². The van der Waals surface area contributed by atoms with Crippen LogP contribution in [0.25, 0.3) is 0 Å². The fraction of sp³-hybridized carbons (Fsp3) is 0.318. The molecule has 1 amide bonds. The van der Waals surface area contributed by atoms with E-state index in [0.29, 0.717) is 43.3 Å². The number of anilines is 3. The average Bonchev–Trinajstić information content (AvgIpc) is 3.21. The molecular formula is C22H23F3N6O2. The molecular weight excluding hydrogens is 437 g/mol. The number of nitrogens with zero attached hydrogens (tertiary/aromatic N) is 4. The summed E-state index contributed by atoms with van der Waals surface area (Å²) in [7, 11) is 0. The van der Waals surface area contributed by atoms with E-state index in [4.69, 9.17) is 5.73 Å². The predicted octanol–water partition coefficient (Wildman–Crippen LogP) is 3.88. The molecule has 0 atom stereocenters. The molecule has 0 spiro atoms. The van der Waals surface area contributed by atoms with Gasteiger partial charge in [0.15, 0.2) is 5.82 Å². The lowest BCUT2D eigenvalue weighted by molar-refractivity contribution is -0.0500. The lowest BCUT2D eigenvalue weighted by atomic mass is 9.90. The molecule has 1 fully saturated rings. The second kappa shape index (κ2) is 9.00. The van der Waals surface area contributed by atoms with Crippen LogP contribution in [-0.2, 0) is 5.54 Å². The van der Waals surface area contributed by atoms with Gasteiger partial charge in [0.2, 0.25) is 0 Å². The van der Waals surface area contributed by atoms with E-state index >= 15 is 0 Å². The number of alkyl halides is 2. The monoisotopic (exact) mass is 460 g/mol. The molecule has 0 saturated carbocycles. The van der Waals surface area contributed by atoms with E-state index in [2.05, 4.69) is 20.1 Å². The van der Waals surface area contributed by atoms with Crippen LogP contribution in [0.3, 0.4) is 0 Å². The Kier molecular flexibility index (Phi) is 6.12. The van der Waals surface area contributed by atoms with Gasteiger partial charge in [-0.2, -0.15) is 13.9 Å². The van der Waals surface area contributed by atoms with Crippen LogP contribution in [0.1, 0.15) is 30.1 Å². The number of carbonyl (C=O) groups is 1. The molecule has 0 radical (unpaired) electrons. The summed E-state index contributed by atoms with van der Waals surface area (Å²) in [5.41, 5.74) is 5.98. The van der Waals surface area contributed by atoms with Crippen molar-refractivity contribution in [2.24, 2.45) is 5.73 Å². The Morgan fingerprint density at radius 1 is 1.18 bits per heavy atom. The number of aromatic nitrogens is 3. The van der Waals surface area contributed by atoms with Gasteiger partial charge in [-0.15, -0.1) is 0 Å². The first-order chi connectivity index (χ1) is 15.7. The molecule has 1 aromatic carbocycles. The van der Waals surface area contributed by atoms with E-state index in [1.165, 1.54) is 24.4 Å². The van der Waals surface area contributed by atoms with Crippen molar-refractivity contribution in [2.75, 3.05) is 23.3 Å². The summed E-state index contributed by atoms with van der Waals surface area (Å²) < 4.78 is 43.9. The summed E-state index contributed by atoms with van der Waals surface area (Å²) >= 11 is 0. The van der Waals surface area contributed by atoms with Crippen molar-refractivity contribution in [3.8, 4) is 5.75 Å². The molecule has 0 unspecified atom stereocenters. The molecule has 3 N–H and O–H groups in total. The largest absolute Gasteiger partial charge is 0.433 e. The van der Waals surface area contributed by atoms with Crippen molar-refractivity contribution in [2.45, 2.75) is 31.9 Å². The Morgan fingerprint density at radius 3 is 2.45 bits per heavy atom. The highest BCUT2D eigenvalue weighted by Crippen LogP contribution is 2.33. The lowest BCUT2D eigenvalue weighted by Gasteiger charge is -2.40. The smallest absolute Gasteiger partial charge is 0.387 e. The fourth-order valence-corrected chi connectivity index (χ4v) is 3.77. The molecule has 1 aliphatic rings. The third kappa shape index (κ3) is 5.02. The van der Waals surface area contributed by atoms with E-state index in [0.717, 1.165) is 0 Å². The van der Waals surface area contributed by atoms with E-state index in [1.54, 1.807) is 29.1 Å². The number of carbonyl (C=O) groups excluding carboxylic acids is 1. The van der Waals surface area contributed by atoms with Gasteiger partial charge < -0.3 is 20.7 Å². The predicted molar refractivity (Wildman–Crippen MR) is 116 cm³/mol. The fourth-order valence-electron chi connectivity index (χ4n) is 3.77. The van der Waals surface area contributed by atoms with Crippen molar-refractivity contribution in [3.05, 3.63) is 60.2 Å². The summed E-state index contributed by atoms with van der Waals surface area (Å²) in [6.45, 7) is 0.433. The van der Waals surface area contributed by atoms with Gasteiger partial charge in [0, 0.05) is 25.0 Å². The number of rotatable bonds is 7. The first-order valence-corrected chi connectivity index (χ1v) is 10.3. The first-order valence-electron chi connectivity index (χ1n) is 10.3. The third-order valence-electron chi connectivity index (χ3n) is 5.75. The van der Waals surface area contributed by atoms with Crippen LogP contribution >= 0.6 is 0 Å². The quantitative estimate of drug-likeness (QED) is 0.555. The number of amides is 1. The number of halogens is 3. The van der Waals surface area contributed by atoms with E-state index in [-0.39, 0.29) is 22.7 Å². The number of ether oxygens (including phenoxy) is 1. The van der Waals surface area contributed by atoms with Crippen molar-refractivity contribution in [3.63, 3.8) is 0 Å². The number of benzene rings is 1. The number of nitrogens with one attached hydrogen (secondary N) is 1. The van der Waals surface area contributed by atoms with Crippen LogP contribution in [0.5, 0.6) is 5.75 Å². The second-order valence-electron chi connectivity index (χ2n) is 8.05. The van der Waals surface area contributed by atoms with Gasteiger partial charge in [-0.1, -0.05) is 0 Å². The first kappa shape index (κ1) is 22.4. The van der Waals surface area contributed by atoms with E-state index in [9.17, 15) is 18.0 Å². The van der Waals surface area contributed by atoms with Crippen molar-refractivity contribution in [1.29, 1.82) is 0 Å². The van der Waals surface area contributed by atoms with Crippen LogP contribution in [-0.4, -0.2) is 40.4 Å². The van der Waals surface area contributed by atoms with Crippen molar-refractivity contribution >= 4 is 23.2 Å². The SMILES string of the molecule is CC1(n2cc(C(N)=O)c(Nc3ccc(F)cc3)n2)CCN(c2ccc(OC(F)F)cn2)CC1. The summed E-state index contributed by atoms with van der Waals surface area (Å²) in [6.07, 6.45) is 4.29. The zero-order chi connectivity index (χ0) is 23.6. The number of pyridine rings is 1. The standard InChI is InChI=1S/C22H23F3N6O2/c1-22(8-10-30(11-9-22)18-7-6-16(12-27-18)33-21(24)25)31-13-17(19(26)32)20(29-31)28-15-4-2-14(23)3-5-15/h2-7,12-13,21H,8-11H2,1H3,(H2,26,32)(H,28,29). The number of hydrogen-bond donors (Lipinski definition) is 2.